The van der Waals surface area contributed by atoms with Crippen molar-refractivity contribution in [2.24, 2.45) is 5.92 Å². The number of rotatable bonds is 3. The Hall–Kier alpha value is 0.300. The molecule has 1 aliphatic rings. The van der Waals surface area contributed by atoms with Crippen molar-refractivity contribution in [3.05, 3.63) is 32.8 Å². The number of halogens is 2. The first-order chi connectivity index (χ1) is 8.63. The lowest BCUT2D eigenvalue weighted by Crippen LogP contribution is -2.28. The van der Waals surface area contributed by atoms with Crippen LogP contribution < -0.4 is 5.32 Å². The number of benzene rings is 1. The van der Waals surface area contributed by atoms with Gasteiger partial charge in [-0.2, -0.15) is 11.8 Å². The largest absolute Gasteiger partial charge is 0.310 e. The fraction of sp³-hybridized carbons (Fsp3) is 0.571. The van der Waals surface area contributed by atoms with Crippen LogP contribution in [0.1, 0.15) is 37.4 Å². The van der Waals surface area contributed by atoms with Crippen molar-refractivity contribution < 1.29 is 0 Å². The third-order valence-electron chi connectivity index (χ3n) is 3.34. The first-order valence-electron chi connectivity index (χ1n) is 6.42. The van der Waals surface area contributed by atoms with E-state index in [1.54, 1.807) is 0 Å². The van der Waals surface area contributed by atoms with Gasteiger partial charge in [-0.1, -0.05) is 41.4 Å². The molecule has 100 valence electrons. The second-order valence-electron chi connectivity index (χ2n) is 4.88. The lowest BCUT2D eigenvalue weighted by Gasteiger charge is -2.25. The van der Waals surface area contributed by atoms with Crippen LogP contribution >= 0.6 is 39.3 Å². The Labute approximate surface area is 127 Å². The van der Waals surface area contributed by atoms with E-state index in [9.17, 15) is 0 Å². The smallest absolute Gasteiger partial charge is 0.0460 e. The average Bonchev–Trinajstić information content (AvgIpc) is 2.46. The zero-order chi connectivity index (χ0) is 13.1. The van der Waals surface area contributed by atoms with Crippen LogP contribution in [0.25, 0.3) is 0 Å². The predicted molar refractivity (Wildman–Crippen MR) is 85.5 cm³/mol. The highest BCUT2D eigenvalue weighted by molar-refractivity contribution is 9.10. The highest BCUT2D eigenvalue weighted by atomic mass is 79.9. The summed E-state index contributed by atoms with van der Waals surface area (Å²) in [7, 11) is 0. The summed E-state index contributed by atoms with van der Waals surface area (Å²) in [5.41, 5.74) is 2.68. The van der Waals surface area contributed by atoms with Crippen molar-refractivity contribution in [1.82, 2.24) is 5.32 Å². The van der Waals surface area contributed by atoms with Gasteiger partial charge in [0, 0.05) is 21.3 Å². The molecule has 0 aromatic heterocycles. The van der Waals surface area contributed by atoms with E-state index in [1.807, 2.05) is 17.8 Å². The standard InChI is InChI=1S/C14H19BrClNS/c1-3-4-17-14-9(2)7-18-8-12-11(14)5-10(15)6-13(12)16/h5-6,9,14,17H,3-4,7-8H2,1-2H3. The molecule has 2 rings (SSSR count). The molecule has 0 amide bonds. The summed E-state index contributed by atoms with van der Waals surface area (Å²) in [6, 6.07) is 4.66. The molecule has 1 nitrogen and oxygen atoms in total. The minimum atomic E-state index is 0.421. The Morgan fingerprint density at radius 2 is 2.28 bits per heavy atom. The Kier molecular flexibility index (Phi) is 5.43. The Balaban J connectivity index is 2.40. The summed E-state index contributed by atoms with van der Waals surface area (Å²) in [6.45, 7) is 5.59. The van der Waals surface area contributed by atoms with E-state index in [1.165, 1.54) is 16.9 Å². The maximum atomic E-state index is 6.40. The molecule has 2 atom stereocenters. The van der Waals surface area contributed by atoms with Gasteiger partial charge in [-0.3, -0.25) is 0 Å². The third kappa shape index (κ3) is 3.24. The number of thioether (sulfide) groups is 1. The van der Waals surface area contributed by atoms with Gasteiger partial charge in [0.15, 0.2) is 0 Å². The highest BCUT2D eigenvalue weighted by Crippen LogP contribution is 2.39. The Morgan fingerprint density at radius 1 is 1.50 bits per heavy atom. The lowest BCUT2D eigenvalue weighted by molar-refractivity contribution is 0.418. The minimum Gasteiger partial charge on any atom is -0.310 e. The van der Waals surface area contributed by atoms with Crippen LogP contribution in [-0.2, 0) is 5.75 Å². The average molecular weight is 349 g/mol. The number of hydrogen-bond donors (Lipinski definition) is 1. The van der Waals surface area contributed by atoms with Gasteiger partial charge < -0.3 is 5.32 Å². The molecule has 1 aliphatic heterocycles. The molecule has 0 radical (unpaired) electrons. The summed E-state index contributed by atoms with van der Waals surface area (Å²) in [4.78, 5) is 0. The summed E-state index contributed by atoms with van der Waals surface area (Å²) in [5.74, 6) is 2.84. The van der Waals surface area contributed by atoms with E-state index < -0.39 is 0 Å². The maximum Gasteiger partial charge on any atom is 0.0460 e. The number of nitrogens with one attached hydrogen (secondary N) is 1. The van der Waals surface area contributed by atoms with Crippen molar-refractivity contribution in [3.63, 3.8) is 0 Å². The number of fused-ring (bicyclic) bond motifs is 1. The van der Waals surface area contributed by atoms with Gasteiger partial charge in [-0.15, -0.1) is 0 Å². The molecule has 1 aromatic carbocycles. The lowest BCUT2D eigenvalue weighted by atomic mass is 9.92. The fourth-order valence-corrected chi connectivity index (χ4v) is 4.60. The van der Waals surface area contributed by atoms with Crippen molar-refractivity contribution in [2.45, 2.75) is 32.1 Å². The molecule has 2 unspecified atom stereocenters. The summed E-state index contributed by atoms with van der Waals surface area (Å²) in [6.07, 6.45) is 1.16. The molecular formula is C14H19BrClNS. The van der Waals surface area contributed by atoms with E-state index in [-0.39, 0.29) is 0 Å². The summed E-state index contributed by atoms with van der Waals surface area (Å²) in [5, 5.41) is 4.57. The Morgan fingerprint density at radius 3 is 3.00 bits per heavy atom. The van der Waals surface area contributed by atoms with E-state index in [0.29, 0.717) is 12.0 Å². The molecular weight excluding hydrogens is 330 g/mol. The third-order valence-corrected chi connectivity index (χ3v) is 5.39. The molecule has 0 fully saturated rings. The molecule has 0 aliphatic carbocycles. The van der Waals surface area contributed by atoms with Crippen molar-refractivity contribution in [2.75, 3.05) is 12.3 Å². The van der Waals surface area contributed by atoms with Crippen molar-refractivity contribution in [1.29, 1.82) is 0 Å². The normalized spacial score (nSPS) is 23.6. The van der Waals surface area contributed by atoms with Crippen LogP contribution in [0.15, 0.2) is 16.6 Å². The zero-order valence-corrected chi connectivity index (χ0v) is 14.0. The molecule has 4 heteroatoms. The van der Waals surface area contributed by atoms with Gasteiger partial charge in [0.1, 0.15) is 0 Å². The molecule has 1 N–H and O–H groups in total. The van der Waals surface area contributed by atoms with Crippen LogP contribution in [0.4, 0.5) is 0 Å². The van der Waals surface area contributed by atoms with Gasteiger partial charge >= 0.3 is 0 Å². The molecule has 1 aromatic rings. The fourth-order valence-electron chi connectivity index (χ4n) is 2.41. The first-order valence-corrected chi connectivity index (χ1v) is 8.75. The van der Waals surface area contributed by atoms with Gasteiger partial charge in [0.25, 0.3) is 0 Å². The monoisotopic (exact) mass is 347 g/mol. The minimum absolute atomic E-state index is 0.421. The van der Waals surface area contributed by atoms with Crippen molar-refractivity contribution in [3.8, 4) is 0 Å². The SMILES string of the molecule is CCCNC1c2cc(Br)cc(Cl)c2CSCC1C. The second kappa shape index (κ2) is 6.65. The topological polar surface area (TPSA) is 12.0 Å². The van der Waals surface area contributed by atoms with Crippen LogP contribution in [-0.4, -0.2) is 12.3 Å². The van der Waals surface area contributed by atoms with Gasteiger partial charge in [-0.05, 0) is 47.9 Å². The van der Waals surface area contributed by atoms with Crippen molar-refractivity contribution >= 4 is 39.3 Å². The van der Waals surface area contributed by atoms with Crippen LogP contribution in [0.3, 0.4) is 0 Å². The highest BCUT2D eigenvalue weighted by Gasteiger charge is 2.26. The molecule has 0 bridgehead atoms. The quantitative estimate of drug-likeness (QED) is 0.822. The van der Waals surface area contributed by atoms with Gasteiger partial charge in [-0.25, -0.2) is 0 Å². The molecule has 0 saturated heterocycles. The van der Waals surface area contributed by atoms with Crippen LogP contribution in [0, 0.1) is 5.92 Å². The van der Waals surface area contributed by atoms with E-state index in [4.69, 9.17) is 11.6 Å². The molecule has 1 heterocycles. The van der Waals surface area contributed by atoms with Crippen LogP contribution in [0.2, 0.25) is 5.02 Å². The second-order valence-corrected chi connectivity index (χ2v) is 7.23. The molecule has 0 saturated carbocycles. The van der Waals surface area contributed by atoms with E-state index >= 15 is 0 Å². The first kappa shape index (κ1) is 14.7. The van der Waals surface area contributed by atoms with E-state index in [0.717, 1.165) is 28.2 Å². The summed E-state index contributed by atoms with van der Waals surface area (Å²) < 4.78 is 1.08. The van der Waals surface area contributed by atoms with Crippen LogP contribution in [0.5, 0.6) is 0 Å². The maximum absolute atomic E-state index is 6.40. The Bertz CT molecular complexity index is 425. The predicted octanol–water partition coefficient (Wildman–Crippen LogP) is 5.03. The van der Waals surface area contributed by atoms with E-state index in [2.05, 4.69) is 41.2 Å². The summed E-state index contributed by atoms with van der Waals surface area (Å²) >= 11 is 11.9. The molecule has 0 spiro atoms. The molecule has 18 heavy (non-hydrogen) atoms. The zero-order valence-electron chi connectivity index (χ0n) is 10.8. The van der Waals surface area contributed by atoms with Gasteiger partial charge in [0.2, 0.25) is 0 Å². The number of hydrogen-bond acceptors (Lipinski definition) is 2. The van der Waals surface area contributed by atoms with Gasteiger partial charge in [0.05, 0.1) is 0 Å².